The van der Waals surface area contributed by atoms with Crippen molar-refractivity contribution in [3.05, 3.63) is 90.5 Å². The third-order valence-corrected chi connectivity index (χ3v) is 3.20. The lowest BCUT2D eigenvalue weighted by molar-refractivity contribution is 0.402. The number of nitrogens with zero attached hydrogens (tertiary/aromatic N) is 1. The topological polar surface area (TPSA) is 3.24 Å². The quantitative estimate of drug-likeness (QED) is 0.716. The summed E-state index contributed by atoms with van der Waals surface area (Å²) in [5, 5.41) is 0. The molecule has 0 N–H and O–H groups in total. The van der Waals surface area contributed by atoms with E-state index in [1.807, 2.05) is 48.6 Å². The molecular formula is C21H25N. The average Bonchev–Trinajstić information content (AvgIpc) is 2.55. The van der Waals surface area contributed by atoms with Gasteiger partial charge in [-0.3, -0.25) is 0 Å². The minimum absolute atomic E-state index is 0.974. The van der Waals surface area contributed by atoms with Gasteiger partial charge in [-0.05, 0) is 36.3 Å². The van der Waals surface area contributed by atoms with Crippen molar-refractivity contribution < 1.29 is 0 Å². The molecule has 0 radical (unpaired) electrons. The maximum Gasteiger partial charge on any atom is 0.0233 e. The summed E-state index contributed by atoms with van der Waals surface area (Å²) in [5.41, 5.74) is 4.83. The third kappa shape index (κ3) is 5.55. The third-order valence-electron chi connectivity index (χ3n) is 3.20. The molecule has 0 aliphatic rings. The van der Waals surface area contributed by atoms with E-state index in [1.165, 1.54) is 11.1 Å². The smallest absolute Gasteiger partial charge is 0.0233 e. The molecule has 0 unspecified atom stereocenters. The largest absolute Gasteiger partial charge is 0.305 e. The second-order valence-corrected chi connectivity index (χ2v) is 5.18. The van der Waals surface area contributed by atoms with Gasteiger partial charge in [-0.25, -0.2) is 0 Å². The Morgan fingerprint density at radius 1 is 0.727 bits per heavy atom. The van der Waals surface area contributed by atoms with Crippen LogP contribution in [0.4, 0.5) is 0 Å². The first-order chi connectivity index (χ1) is 10.6. The van der Waals surface area contributed by atoms with Crippen molar-refractivity contribution in [1.82, 2.24) is 4.90 Å². The van der Waals surface area contributed by atoms with Crippen molar-refractivity contribution in [2.75, 3.05) is 14.1 Å². The van der Waals surface area contributed by atoms with E-state index in [1.54, 1.807) is 0 Å². The molecule has 0 saturated heterocycles. The van der Waals surface area contributed by atoms with Crippen molar-refractivity contribution in [1.29, 1.82) is 0 Å². The second-order valence-electron chi connectivity index (χ2n) is 5.18. The molecule has 0 spiro atoms. The van der Waals surface area contributed by atoms with Crippen LogP contribution in [0.25, 0.3) is 18.2 Å². The van der Waals surface area contributed by atoms with Crippen molar-refractivity contribution in [2.45, 2.75) is 6.54 Å². The Labute approximate surface area is 134 Å². The molecule has 0 fully saturated rings. The van der Waals surface area contributed by atoms with E-state index in [2.05, 4.69) is 56.9 Å². The van der Waals surface area contributed by atoms with Crippen molar-refractivity contribution in [3.8, 4) is 0 Å². The van der Waals surface area contributed by atoms with E-state index in [-0.39, 0.29) is 0 Å². The van der Waals surface area contributed by atoms with Crippen LogP contribution in [0.5, 0.6) is 0 Å². The second kappa shape index (κ2) is 9.54. The zero-order valence-electron chi connectivity index (χ0n) is 13.6. The van der Waals surface area contributed by atoms with Gasteiger partial charge in [0.1, 0.15) is 0 Å². The lowest BCUT2D eigenvalue weighted by Crippen LogP contribution is -2.11. The molecule has 114 valence electrons. The highest BCUT2D eigenvalue weighted by atomic mass is 15.0. The predicted molar refractivity (Wildman–Crippen MR) is 101 cm³/mol. The fourth-order valence-electron chi connectivity index (χ4n) is 2.10. The summed E-state index contributed by atoms with van der Waals surface area (Å²) >= 11 is 0. The lowest BCUT2D eigenvalue weighted by Gasteiger charge is -2.11. The highest BCUT2D eigenvalue weighted by molar-refractivity contribution is 5.63. The van der Waals surface area contributed by atoms with Gasteiger partial charge in [-0.1, -0.05) is 86.5 Å². The predicted octanol–water partition coefficient (Wildman–Crippen LogP) is 5.36. The molecule has 0 amide bonds. The molecule has 22 heavy (non-hydrogen) atoms. The molecule has 2 aromatic carbocycles. The monoisotopic (exact) mass is 291 g/mol. The summed E-state index contributed by atoms with van der Waals surface area (Å²) in [4.78, 5) is 2.16. The van der Waals surface area contributed by atoms with E-state index >= 15 is 0 Å². The minimum Gasteiger partial charge on any atom is -0.305 e. The molecule has 0 aliphatic heterocycles. The number of rotatable bonds is 5. The van der Waals surface area contributed by atoms with Crippen LogP contribution >= 0.6 is 0 Å². The van der Waals surface area contributed by atoms with Crippen LogP contribution in [0.3, 0.4) is 0 Å². The Morgan fingerprint density at radius 3 is 1.55 bits per heavy atom. The summed E-state index contributed by atoms with van der Waals surface area (Å²) in [6.45, 7) is 12.1. The summed E-state index contributed by atoms with van der Waals surface area (Å²) in [7, 11) is 4.14. The maximum atomic E-state index is 3.78. The van der Waals surface area contributed by atoms with Gasteiger partial charge < -0.3 is 4.90 Å². The van der Waals surface area contributed by atoms with Crippen LogP contribution in [-0.4, -0.2) is 19.0 Å². The zero-order valence-corrected chi connectivity index (χ0v) is 13.6. The Hall–Kier alpha value is -2.38. The fraction of sp³-hybridized carbons (Fsp3) is 0.143. The van der Waals surface area contributed by atoms with Gasteiger partial charge in [-0.2, -0.15) is 0 Å². The first kappa shape index (κ1) is 17.7. The van der Waals surface area contributed by atoms with Gasteiger partial charge in [0, 0.05) is 6.54 Å². The highest BCUT2D eigenvalue weighted by Crippen LogP contribution is 2.11. The molecule has 1 nitrogen and oxygen atoms in total. The van der Waals surface area contributed by atoms with E-state index in [4.69, 9.17) is 0 Å². The Kier molecular flexibility index (Phi) is 7.66. The summed E-state index contributed by atoms with van der Waals surface area (Å²) in [6, 6.07) is 16.3. The van der Waals surface area contributed by atoms with Gasteiger partial charge in [0.15, 0.2) is 0 Å². The number of hydrogen-bond acceptors (Lipinski definition) is 1. The summed E-state index contributed by atoms with van der Waals surface area (Å²) in [5.74, 6) is 0. The van der Waals surface area contributed by atoms with Gasteiger partial charge in [0.2, 0.25) is 0 Å². The van der Waals surface area contributed by atoms with Crippen molar-refractivity contribution in [2.24, 2.45) is 0 Å². The summed E-state index contributed by atoms with van der Waals surface area (Å²) < 4.78 is 0. The first-order valence-electron chi connectivity index (χ1n) is 7.31. The Balaban J connectivity index is 0.000000224. The molecule has 2 rings (SSSR count). The van der Waals surface area contributed by atoms with Crippen molar-refractivity contribution in [3.63, 3.8) is 0 Å². The fourth-order valence-corrected chi connectivity index (χ4v) is 2.10. The highest BCUT2D eigenvalue weighted by Gasteiger charge is 1.98. The van der Waals surface area contributed by atoms with E-state index in [9.17, 15) is 0 Å². The Bertz CT molecular complexity index is 596. The molecule has 1 heteroatoms. The minimum atomic E-state index is 0.974. The molecule has 0 aromatic heterocycles. The van der Waals surface area contributed by atoms with Gasteiger partial charge >= 0.3 is 0 Å². The maximum absolute atomic E-state index is 3.78. The van der Waals surface area contributed by atoms with E-state index in [0.717, 1.165) is 17.7 Å². The molecule has 2 aromatic rings. The molecule has 0 bridgehead atoms. The molecule has 0 heterocycles. The molecular weight excluding hydrogens is 266 g/mol. The van der Waals surface area contributed by atoms with Gasteiger partial charge in [0.05, 0.1) is 0 Å². The lowest BCUT2D eigenvalue weighted by atomic mass is 10.1. The normalized spacial score (nSPS) is 9.59. The molecule has 0 aliphatic carbocycles. The average molecular weight is 291 g/mol. The van der Waals surface area contributed by atoms with Crippen LogP contribution in [0.1, 0.15) is 22.3 Å². The van der Waals surface area contributed by atoms with Crippen molar-refractivity contribution >= 4 is 18.2 Å². The Morgan fingerprint density at radius 2 is 1.14 bits per heavy atom. The van der Waals surface area contributed by atoms with Crippen LogP contribution in [-0.2, 0) is 6.54 Å². The van der Waals surface area contributed by atoms with Crippen LogP contribution < -0.4 is 0 Å². The first-order valence-corrected chi connectivity index (χ1v) is 7.31. The standard InChI is InChI=1S/C11H15N.C10H10/c1-4-10-7-5-6-8-11(10)9-12(2)3;1-3-9-7-5-6-8-10(9)4-2/h4-8H,1,9H2,2-3H3;3-8H,1-2H2. The van der Waals surface area contributed by atoms with E-state index < -0.39 is 0 Å². The van der Waals surface area contributed by atoms with E-state index in [0.29, 0.717) is 0 Å². The van der Waals surface area contributed by atoms with Crippen LogP contribution in [0.15, 0.2) is 68.3 Å². The summed E-state index contributed by atoms with van der Waals surface area (Å²) in [6.07, 6.45) is 5.56. The number of benzene rings is 2. The van der Waals surface area contributed by atoms with Crippen LogP contribution in [0, 0.1) is 0 Å². The van der Waals surface area contributed by atoms with Gasteiger partial charge in [0.25, 0.3) is 0 Å². The van der Waals surface area contributed by atoms with Gasteiger partial charge in [-0.15, -0.1) is 0 Å². The zero-order chi connectivity index (χ0) is 16.4. The number of hydrogen-bond donors (Lipinski definition) is 0. The molecule has 0 saturated carbocycles. The molecule has 0 atom stereocenters. The SMILES string of the molecule is C=Cc1ccccc1C=C.C=Cc1ccccc1CN(C)C. The van der Waals surface area contributed by atoms with Crippen LogP contribution in [0.2, 0.25) is 0 Å².